The van der Waals surface area contributed by atoms with Gasteiger partial charge in [0.25, 0.3) is 0 Å². The molecule has 0 N–H and O–H groups in total. The van der Waals surface area contributed by atoms with E-state index in [-0.39, 0.29) is 5.91 Å². The van der Waals surface area contributed by atoms with Crippen LogP contribution in [0.5, 0.6) is 5.75 Å². The molecule has 6 nitrogen and oxygen atoms in total. The van der Waals surface area contributed by atoms with Crippen molar-refractivity contribution < 1.29 is 9.53 Å². The molecular weight excluding hydrogens is 376 g/mol. The van der Waals surface area contributed by atoms with Crippen molar-refractivity contribution >= 4 is 11.7 Å². The van der Waals surface area contributed by atoms with Gasteiger partial charge in [-0.3, -0.25) is 4.79 Å². The van der Waals surface area contributed by atoms with Gasteiger partial charge >= 0.3 is 0 Å². The van der Waals surface area contributed by atoms with E-state index in [0.29, 0.717) is 26.1 Å². The lowest BCUT2D eigenvalue weighted by molar-refractivity contribution is -0.132. The van der Waals surface area contributed by atoms with Gasteiger partial charge in [0.15, 0.2) is 0 Å². The third-order valence-corrected chi connectivity index (χ3v) is 5.18. The Hall–Kier alpha value is -3.41. The van der Waals surface area contributed by atoms with Crippen molar-refractivity contribution in [3.05, 3.63) is 72.6 Å². The molecule has 2 aromatic carbocycles. The molecule has 3 aromatic rings. The Balaban J connectivity index is 1.32. The predicted molar refractivity (Wildman–Crippen MR) is 118 cm³/mol. The zero-order valence-corrected chi connectivity index (χ0v) is 17.2. The lowest BCUT2D eigenvalue weighted by Gasteiger charge is -2.35. The second-order valence-corrected chi connectivity index (χ2v) is 7.30. The molecule has 0 atom stereocenters. The molecule has 0 unspecified atom stereocenters. The molecule has 1 aliphatic heterocycles. The summed E-state index contributed by atoms with van der Waals surface area (Å²) in [4.78, 5) is 25.9. The molecule has 0 spiro atoms. The van der Waals surface area contributed by atoms with Crippen molar-refractivity contribution in [1.82, 2.24) is 14.9 Å². The van der Waals surface area contributed by atoms with Crippen LogP contribution in [-0.2, 0) is 4.79 Å². The summed E-state index contributed by atoms with van der Waals surface area (Å²) in [7, 11) is 0. The Bertz CT molecular complexity index is 971. The number of carbonyl (C=O) groups excluding carboxylic acids is 1. The molecule has 2 heterocycles. The number of ether oxygens (including phenoxy) is 1. The molecule has 1 aromatic heterocycles. The minimum Gasteiger partial charge on any atom is -0.493 e. The van der Waals surface area contributed by atoms with Crippen molar-refractivity contribution in [3.63, 3.8) is 0 Å². The molecule has 0 radical (unpaired) electrons. The van der Waals surface area contributed by atoms with Crippen LogP contribution in [0.4, 0.5) is 5.82 Å². The van der Waals surface area contributed by atoms with E-state index in [0.717, 1.165) is 41.7 Å². The SMILES string of the molecule is Cc1nc(-c2ccccc2)cc(N2CCN(C(=O)CCOc3ccccc3)CC2)n1. The van der Waals surface area contributed by atoms with Gasteiger partial charge in [-0.2, -0.15) is 0 Å². The predicted octanol–water partition coefficient (Wildman–Crippen LogP) is 3.57. The fraction of sp³-hybridized carbons (Fsp3) is 0.292. The van der Waals surface area contributed by atoms with E-state index in [4.69, 9.17) is 4.74 Å². The Morgan fingerprint density at radius 3 is 2.30 bits per heavy atom. The number of para-hydroxylation sites is 1. The molecule has 6 heteroatoms. The zero-order chi connectivity index (χ0) is 20.8. The first kappa shape index (κ1) is 19.9. The maximum atomic E-state index is 12.5. The first-order valence-electron chi connectivity index (χ1n) is 10.3. The zero-order valence-electron chi connectivity index (χ0n) is 17.2. The molecule has 0 aliphatic carbocycles. The van der Waals surface area contributed by atoms with E-state index in [1.807, 2.05) is 66.4 Å². The van der Waals surface area contributed by atoms with Gasteiger partial charge in [-0.25, -0.2) is 9.97 Å². The highest BCUT2D eigenvalue weighted by Gasteiger charge is 2.22. The smallest absolute Gasteiger partial charge is 0.226 e. The summed E-state index contributed by atoms with van der Waals surface area (Å²) in [5.74, 6) is 2.60. The Morgan fingerprint density at radius 2 is 1.60 bits per heavy atom. The van der Waals surface area contributed by atoms with E-state index >= 15 is 0 Å². The molecule has 1 saturated heterocycles. The minimum atomic E-state index is 0.134. The Kier molecular flexibility index (Phi) is 6.23. The van der Waals surface area contributed by atoms with E-state index in [1.54, 1.807) is 0 Å². The second kappa shape index (κ2) is 9.39. The molecule has 1 amide bonds. The number of hydrogen-bond donors (Lipinski definition) is 0. The highest BCUT2D eigenvalue weighted by Crippen LogP contribution is 2.22. The van der Waals surface area contributed by atoms with Crippen LogP contribution in [-0.4, -0.2) is 53.6 Å². The standard InChI is InChI=1S/C24H26N4O2/c1-19-25-22(20-8-4-2-5-9-20)18-23(26-19)27-13-15-28(16-14-27)24(29)12-17-30-21-10-6-3-7-11-21/h2-11,18H,12-17H2,1H3. The first-order valence-corrected chi connectivity index (χ1v) is 10.3. The van der Waals surface area contributed by atoms with Crippen LogP contribution in [0.2, 0.25) is 0 Å². The normalized spacial score (nSPS) is 13.9. The summed E-state index contributed by atoms with van der Waals surface area (Å²) in [6.45, 7) is 5.21. The van der Waals surface area contributed by atoms with Gasteiger partial charge in [0.2, 0.25) is 5.91 Å². The average molecular weight is 402 g/mol. The molecule has 30 heavy (non-hydrogen) atoms. The highest BCUT2D eigenvalue weighted by molar-refractivity contribution is 5.76. The number of nitrogens with zero attached hydrogens (tertiary/aromatic N) is 4. The molecule has 4 rings (SSSR count). The number of amides is 1. The van der Waals surface area contributed by atoms with Crippen molar-refractivity contribution in [2.75, 3.05) is 37.7 Å². The summed E-state index contributed by atoms with van der Waals surface area (Å²) in [6, 6.07) is 21.8. The quantitative estimate of drug-likeness (QED) is 0.631. The van der Waals surface area contributed by atoms with Crippen molar-refractivity contribution in [2.24, 2.45) is 0 Å². The summed E-state index contributed by atoms with van der Waals surface area (Å²) in [5.41, 5.74) is 2.01. The van der Waals surface area contributed by atoms with Gasteiger partial charge in [0.1, 0.15) is 17.4 Å². The summed E-state index contributed by atoms with van der Waals surface area (Å²) in [6.07, 6.45) is 0.389. The van der Waals surface area contributed by atoms with Crippen LogP contribution < -0.4 is 9.64 Å². The van der Waals surface area contributed by atoms with Crippen molar-refractivity contribution in [3.8, 4) is 17.0 Å². The van der Waals surface area contributed by atoms with Gasteiger partial charge in [-0.15, -0.1) is 0 Å². The summed E-state index contributed by atoms with van der Waals surface area (Å²) in [5, 5.41) is 0. The lowest BCUT2D eigenvalue weighted by atomic mass is 10.1. The van der Waals surface area contributed by atoms with Crippen LogP contribution in [0.25, 0.3) is 11.3 Å². The third kappa shape index (κ3) is 4.95. The van der Waals surface area contributed by atoms with Gasteiger partial charge in [-0.05, 0) is 19.1 Å². The maximum absolute atomic E-state index is 12.5. The fourth-order valence-electron chi connectivity index (χ4n) is 3.59. The van der Waals surface area contributed by atoms with E-state index < -0.39 is 0 Å². The largest absolute Gasteiger partial charge is 0.493 e. The second-order valence-electron chi connectivity index (χ2n) is 7.30. The summed E-state index contributed by atoms with van der Waals surface area (Å²) >= 11 is 0. The molecular formula is C24H26N4O2. The van der Waals surface area contributed by atoms with Crippen LogP contribution in [0.1, 0.15) is 12.2 Å². The molecule has 1 aliphatic rings. The lowest BCUT2D eigenvalue weighted by Crippen LogP contribution is -2.49. The van der Waals surface area contributed by atoms with Crippen LogP contribution in [0, 0.1) is 6.92 Å². The van der Waals surface area contributed by atoms with E-state index in [1.165, 1.54) is 0 Å². The van der Waals surface area contributed by atoms with E-state index in [9.17, 15) is 4.79 Å². The number of hydrogen-bond acceptors (Lipinski definition) is 5. The van der Waals surface area contributed by atoms with E-state index in [2.05, 4.69) is 27.0 Å². The molecule has 0 saturated carbocycles. The van der Waals surface area contributed by atoms with Crippen molar-refractivity contribution in [1.29, 1.82) is 0 Å². The molecule has 154 valence electrons. The third-order valence-electron chi connectivity index (χ3n) is 5.18. The van der Waals surface area contributed by atoms with Crippen LogP contribution in [0.3, 0.4) is 0 Å². The van der Waals surface area contributed by atoms with Gasteiger partial charge in [0.05, 0.1) is 18.7 Å². The van der Waals surface area contributed by atoms with Gasteiger partial charge in [0, 0.05) is 37.8 Å². The van der Waals surface area contributed by atoms with Crippen LogP contribution >= 0.6 is 0 Å². The first-order chi connectivity index (χ1) is 14.7. The fourth-order valence-corrected chi connectivity index (χ4v) is 3.59. The maximum Gasteiger partial charge on any atom is 0.226 e. The highest BCUT2D eigenvalue weighted by atomic mass is 16.5. The number of piperazine rings is 1. The number of anilines is 1. The number of rotatable bonds is 6. The number of aryl methyl sites for hydroxylation is 1. The Morgan fingerprint density at radius 1 is 0.933 bits per heavy atom. The molecule has 1 fully saturated rings. The van der Waals surface area contributed by atoms with Gasteiger partial charge in [-0.1, -0.05) is 48.5 Å². The topological polar surface area (TPSA) is 58.6 Å². The number of aromatic nitrogens is 2. The Labute approximate surface area is 177 Å². The van der Waals surface area contributed by atoms with Crippen molar-refractivity contribution in [2.45, 2.75) is 13.3 Å². The number of benzene rings is 2. The number of carbonyl (C=O) groups is 1. The van der Waals surface area contributed by atoms with Gasteiger partial charge < -0.3 is 14.5 Å². The van der Waals surface area contributed by atoms with Crippen LogP contribution in [0.15, 0.2) is 66.7 Å². The molecule has 0 bridgehead atoms. The average Bonchev–Trinajstić information content (AvgIpc) is 2.80. The minimum absolute atomic E-state index is 0.134. The monoisotopic (exact) mass is 402 g/mol. The summed E-state index contributed by atoms with van der Waals surface area (Å²) < 4.78 is 5.65.